The van der Waals surface area contributed by atoms with E-state index in [0.717, 1.165) is 23.4 Å². The molecule has 0 saturated heterocycles. The summed E-state index contributed by atoms with van der Waals surface area (Å²) in [6.45, 7) is 4.21. The van der Waals surface area contributed by atoms with Gasteiger partial charge in [0, 0.05) is 34.1 Å². The van der Waals surface area contributed by atoms with E-state index in [1.165, 1.54) is 12.7 Å². The molecule has 0 unspecified atom stereocenters. The molecule has 2 aromatic carbocycles. The first kappa shape index (κ1) is 19.5. The van der Waals surface area contributed by atoms with Gasteiger partial charge in [-0.05, 0) is 62.2 Å². The Bertz CT molecular complexity index is 930. The molecule has 3 rings (SSSR count). The fourth-order valence-electron chi connectivity index (χ4n) is 3.25. The topological polar surface area (TPSA) is 76.7 Å². The third kappa shape index (κ3) is 4.34. The molecule has 1 aliphatic rings. The maximum Gasteiger partial charge on any atom is 0.411 e. The lowest BCUT2D eigenvalue weighted by molar-refractivity contribution is 0.104. The summed E-state index contributed by atoms with van der Waals surface area (Å²) in [5.74, 6) is 0.621. The van der Waals surface area contributed by atoms with E-state index in [1.807, 2.05) is 18.2 Å². The number of ketones is 1. The second kappa shape index (κ2) is 7.76. The molecule has 0 saturated carbocycles. The first-order valence-corrected chi connectivity index (χ1v) is 8.98. The van der Waals surface area contributed by atoms with Crippen LogP contribution in [0.15, 0.2) is 48.5 Å². The molecule has 1 aliphatic heterocycles. The van der Waals surface area contributed by atoms with Crippen molar-refractivity contribution in [1.29, 1.82) is 0 Å². The quantitative estimate of drug-likeness (QED) is 0.619. The average Bonchev–Trinajstić information content (AvgIpc) is 2.67. The fraction of sp³-hybridized carbons (Fsp3) is 0.273. The first-order valence-electron chi connectivity index (χ1n) is 8.98. The standard InChI is InChI=1S/C22H24N2O4/c1-22(2)13-15-7-10-17(27-3)11-18(15)19(24-22)12-20(25)14-5-8-16(9-6-14)23-21(26)28-4/h5-12,24H,13H2,1-4H3,(H,23,26). The van der Waals surface area contributed by atoms with Crippen molar-refractivity contribution in [2.24, 2.45) is 0 Å². The maximum atomic E-state index is 12.8. The number of carbonyl (C=O) groups excluding carboxylic acids is 2. The zero-order chi connectivity index (χ0) is 20.3. The second-order valence-corrected chi connectivity index (χ2v) is 7.32. The minimum Gasteiger partial charge on any atom is -0.497 e. The van der Waals surface area contributed by atoms with E-state index in [-0.39, 0.29) is 11.3 Å². The van der Waals surface area contributed by atoms with Gasteiger partial charge < -0.3 is 14.8 Å². The average molecular weight is 380 g/mol. The van der Waals surface area contributed by atoms with Gasteiger partial charge in [-0.15, -0.1) is 0 Å². The SMILES string of the molecule is COC(=O)Nc1ccc(C(=O)C=C2NC(C)(C)Cc3ccc(OC)cc32)cc1. The van der Waals surface area contributed by atoms with E-state index >= 15 is 0 Å². The summed E-state index contributed by atoms with van der Waals surface area (Å²) < 4.78 is 9.90. The summed E-state index contributed by atoms with van der Waals surface area (Å²) in [4.78, 5) is 24.1. The number of anilines is 1. The van der Waals surface area contributed by atoms with Crippen LogP contribution in [0, 0.1) is 0 Å². The summed E-state index contributed by atoms with van der Waals surface area (Å²) in [5, 5.41) is 6.02. The number of ether oxygens (including phenoxy) is 2. The van der Waals surface area contributed by atoms with Crippen LogP contribution in [0.4, 0.5) is 10.5 Å². The number of nitrogens with one attached hydrogen (secondary N) is 2. The van der Waals surface area contributed by atoms with Crippen molar-refractivity contribution >= 4 is 23.3 Å². The van der Waals surface area contributed by atoms with Crippen LogP contribution >= 0.6 is 0 Å². The van der Waals surface area contributed by atoms with Crippen LogP contribution in [-0.2, 0) is 11.2 Å². The Hall–Kier alpha value is -3.28. The van der Waals surface area contributed by atoms with Crippen LogP contribution in [0.2, 0.25) is 0 Å². The Morgan fingerprint density at radius 3 is 2.46 bits per heavy atom. The molecule has 0 aromatic heterocycles. The highest BCUT2D eigenvalue weighted by atomic mass is 16.5. The lowest BCUT2D eigenvalue weighted by Gasteiger charge is -2.35. The molecule has 2 aromatic rings. The van der Waals surface area contributed by atoms with Gasteiger partial charge in [0.05, 0.1) is 14.2 Å². The molecule has 146 valence electrons. The van der Waals surface area contributed by atoms with E-state index in [2.05, 4.69) is 29.2 Å². The monoisotopic (exact) mass is 380 g/mol. The predicted octanol–water partition coefficient (Wildman–Crippen LogP) is 4.02. The molecule has 0 bridgehead atoms. The van der Waals surface area contributed by atoms with Gasteiger partial charge in [-0.25, -0.2) is 4.79 Å². The highest BCUT2D eigenvalue weighted by Crippen LogP contribution is 2.32. The Labute approximate surface area is 164 Å². The third-order valence-electron chi connectivity index (χ3n) is 4.59. The molecule has 1 heterocycles. The molecule has 0 fully saturated rings. The van der Waals surface area contributed by atoms with Gasteiger partial charge in [-0.3, -0.25) is 10.1 Å². The minimum absolute atomic E-state index is 0.126. The molecule has 1 amide bonds. The number of hydrogen-bond donors (Lipinski definition) is 2. The van der Waals surface area contributed by atoms with Gasteiger partial charge in [0.2, 0.25) is 0 Å². The van der Waals surface area contributed by atoms with Crippen LogP contribution in [0.25, 0.3) is 5.70 Å². The number of hydrogen-bond acceptors (Lipinski definition) is 5. The van der Waals surface area contributed by atoms with E-state index < -0.39 is 6.09 Å². The van der Waals surface area contributed by atoms with Gasteiger partial charge in [-0.1, -0.05) is 6.07 Å². The van der Waals surface area contributed by atoms with Gasteiger partial charge in [0.1, 0.15) is 5.75 Å². The van der Waals surface area contributed by atoms with Crippen LogP contribution in [-0.4, -0.2) is 31.6 Å². The molecule has 0 atom stereocenters. The number of carbonyl (C=O) groups is 2. The molecule has 0 aliphatic carbocycles. The Balaban J connectivity index is 1.90. The Morgan fingerprint density at radius 1 is 1.11 bits per heavy atom. The highest BCUT2D eigenvalue weighted by molar-refractivity contribution is 6.09. The minimum atomic E-state index is -0.555. The third-order valence-corrected chi connectivity index (χ3v) is 4.59. The molecule has 0 spiro atoms. The van der Waals surface area contributed by atoms with Crippen molar-refractivity contribution in [1.82, 2.24) is 5.32 Å². The molecule has 6 heteroatoms. The van der Waals surface area contributed by atoms with Crippen LogP contribution in [0.5, 0.6) is 5.75 Å². The molecule has 28 heavy (non-hydrogen) atoms. The summed E-state index contributed by atoms with van der Waals surface area (Å²) >= 11 is 0. The Morgan fingerprint density at radius 2 is 1.82 bits per heavy atom. The molecule has 0 radical (unpaired) electrons. The zero-order valence-corrected chi connectivity index (χ0v) is 16.5. The van der Waals surface area contributed by atoms with Gasteiger partial charge >= 0.3 is 6.09 Å². The fourth-order valence-corrected chi connectivity index (χ4v) is 3.25. The highest BCUT2D eigenvalue weighted by Gasteiger charge is 2.28. The van der Waals surface area contributed by atoms with E-state index in [9.17, 15) is 9.59 Å². The van der Waals surface area contributed by atoms with Crippen LogP contribution in [0.3, 0.4) is 0 Å². The summed E-state index contributed by atoms with van der Waals surface area (Å²) in [5.41, 5.74) is 3.83. The van der Waals surface area contributed by atoms with Crippen molar-refractivity contribution in [3.05, 3.63) is 65.2 Å². The van der Waals surface area contributed by atoms with Gasteiger partial charge in [-0.2, -0.15) is 0 Å². The summed E-state index contributed by atoms with van der Waals surface area (Å²) in [6, 6.07) is 12.6. The largest absolute Gasteiger partial charge is 0.497 e. The van der Waals surface area contributed by atoms with Crippen molar-refractivity contribution in [2.75, 3.05) is 19.5 Å². The van der Waals surface area contributed by atoms with Gasteiger partial charge in [0.25, 0.3) is 0 Å². The number of benzene rings is 2. The number of methoxy groups -OCH3 is 2. The summed E-state index contributed by atoms with van der Waals surface area (Å²) in [6.07, 6.45) is 1.91. The lowest BCUT2D eigenvalue weighted by Crippen LogP contribution is -2.43. The lowest BCUT2D eigenvalue weighted by atomic mass is 9.85. The maximum absolute atomic E-state index is 12.8. The van der Waals surface area contributed by atoms with E-state index in [4.69, 9.17) is 4.74 Å². The molecular formula is C22H24N2O4. The number of fused-ring (bicyclic) bond motifs is 1. The number of allylic oxidation sites excluding steroid dienone is 1. The summed E-state index contributed by atoms with van der Waals surface area (Å²) in [7, 11) is 2.92. The number of rotatable bonds is 4. The van der Waals surface area contributed by atoms with Crippen LogP contribution in [0.1, 0.15) is 35.3 Å². The second-order valence-electron chi connectivity index (χ2n) is 7.32. The molecular weight excluding hydrogens is 356 g/mol. The van der Waals surface area contributed by atoms with Crippen molar-refractivity contribution in [3.8, 4) is 5.75 Å². The molecule has 6 nitrogen and oxygen atoms in total. The zero-order valence-electron chi connectivity index (χ0n) is 16.5. The van der Waals surface area contributed by atoms with Gasteiger partial charge in [0.15, 0.2) is 5.78 Å². The van der Waals surface area contributed by atoms with E-state index in [1.54, 1.807) is 37.5 Å². The number of amides is 1. The predicted molar refractivity (Wildman–Crippen MR) is 109 cm³/mol. The van der Waals surface area contributed by atoms with Crippen LogP contribution < -0.4 is 15.4 Å². The molecule has 2 N–H and O–H groups in total. The normalized spacial score (nSPS) is 15.9. The van der Waals surface area contributed by atoms with Crippen molar-refractivity contribution in [2.45, 2.75) is 25.8 Å². The Kier molecular flexibility index (Phi) is 5.40. The van der Waals surface area contributed by atoms with Crippen molar-refractivity contribution < 1.29 is 19.1 Å². The van der Waals surface area contributed by atoms with E-state index in [0.29, 0.717) is 11.3 Å². The van der Waals surface area contributed by atoms with Crippen molar-refractivity contribution in [3.63, 3.8) is 0 Å². The first-order chi connectivity index (χ1) is 13.3. The smallest absolute Gasteiger partial charge is 0.411 e.